The summed E-state index contributed by atoms with van der Waals surface area (Å²) in [6.45, 7) is 3.64. The number of hydrogen-bond donors (Lipinski definition) is 1. The summed E-state index contributed by atoms with van der Waals surface area (Å²) in [7, 11) is -1.92. The predicted octanol–water partition coefficient (Wildman–Crippen LogP) is 3.02. The highest BCUT2D eigenvalue weighted by atomic mass is 32.2. The zero-order chi connectivity index (χ0) is 14.9. The van der Waals surface area contributed by atoms with Crippen molar-refractivity contribution in [3.8, 4) is 0 Å². The topological polar surface area (TPSA) is 63.4 Å². The van der Waals surface area contributed by atoms with Crippen molar-refractivity contribution in [3.63, 3.8) is 0 Å². The van der Waals surface area contributed by atoms with Gasteiger partial charge in [0.2, 0.25) is 10.0 Å². The van der Waals surface area contributed by atoms with Crippen LogP contribution in [0.5, 0.6) is 0 Å². The molecule has 0 bridgehead atoms. The number of anilines is 1. The van der Waals surface area contributed by atoms with Gasteiger partial charge in [-0.3, -0.25) is 0 Å². The highest BCUT2D eigenvalue weighted by molar-refractivity contribution is 7.89. The van der Waals surface area contributed by atoms with Gasteiger partial charge in [-0.05, 0) is 49.1 Å². The first-order chi connectivity index (χ1) is 9.34. The molecule has 0 aliphatic rings. The molecule has 0 saturated carbocycles. The lowest BCUT2D eigenvalue weighted by Gasteiger charge is -2.24. The van der Waals surface area contributed by atoms with Gasteiger partial charge in [0, 0.05) is 17.6 Å². The van der Waals surface area contributed by atoms with Crippen molar-refractivity contribution >= 4 is 27.0 Å². The van der Waals surface area contributed by atoms with E-state index in [1.807, 2.05) is 24.4 Å². The molecule has 1 aromatic heterocycles. The predicted molar refractivity (Wildman–Crippen MR) is 83.3 cm³/mol. The minimum absolute atomic E-state index is 0.197. The molecule has 6 heteroatoms. The average Bonchev–Trinajstić information content (AvgIpc) is 2.90. The van der Waals surface area contributed by atoms with E-state index in [0.29, 0.717) is 16.1 Å². The van der Waals surface area contributed by atoms with Gasteiger partial charge in [0.25, 0.3) is 0 Å². The molecule has 0 spiro atoms. The Bertz CT molecular complexity index is 694. The van der Waals surface area contributed by atoms with Gasteiger partial charge >= 0.3 is 0 Å². The normalized spacial score (nSPS) is 13.6. The number of rotatable bonds is 4. The van der Waals surface area contributed by atoms with E-state index in [9.17, 15) is 8.42 Å². The Hall–Kier alpha value is -1.37. The SMILES string of the molecule is Cc1cc(N)ccc1S(=O)(=O)N(C)C(C)c1cccs1. The zero-order valence-electron chi connectivity index (χ0n) is 11.7. The molecule has 1 aromatic carbocycles. The van der Waals surface area contributed by atoms with Crippen LogP contribution in [0.1, 0.15) is 23.4 Å². The van der Waals surface area contributed by atoms with Crippen molar-refractivity contribution in [3.05, 3.63) is 46.2 Å². The Kier molecular flexibility index (Phi) is 4.17. The van der Waals surface area contributed by atoms with Crippen LogP contribution in [0.15, 0.2) is 40.6 Å². The number of nitrogen functional groups attached to an aromatic ring is 1. The molecular weight excluding hydrogens is 292 g/mol. The first-order valence-electron chi connectivity index (χ1n) is 6.21. The van der Waals surface area contributed by atoms with E-state index in [1.165, 1.54) is 4.31 Å². The van der Waals surface area contributed by atoms with Crippen LogP contribution in [0.4, 0.5) is 5.69 Å². The van der Waals surface area contributed by atoms with E-state index in [4.69, 9.17) is 5.73 Å². The zero-order valence-corrected chi connectivity index (χ0v) is 13.3. The van der Waals surface area contributed by atoms with E-state index in [-0.39, 0.29) is 6.04 Å². The van der Waals surface area contributed by atoms with Gasteiger partial charge in [0.1, 0.15) is 0 Å². The molecule has 20 heavy (non-hydrogen) atoms. The first kappa shape index (κ1) is 15.0. The maximum Gasteiger partial charge on any atom is 0.243 e. The number of benzene rings is 1. The summed E-state index contributed by atoms with van der Waals surface area (Å²) in [5.41, 5.74) is 6.90. The first-order valence-corrected chi connectivity index (χ1v) is 8.53. The summed E-state index contributed by atoms with van der Waals surface area (Å²) in [6.07, 6.45) is 0. The fourth-order valence-corrected chi connectivity index (χ4v) is 4.47. The van der Waals surface area contributed by atoms with Crippen LogP contribution >= 0.6 is 11.3 Å². The Morgan fingerprint density at radius 2 is 2.00 bits per heavy atom. The van der Waals surface area contributed by atoms with Crippen LogP contribution in [-0.4, -0.2) is 19.8 Å². The van der Waals surface area contributed by atoms with Crippen LogP contribution in [0.25, 0.3) is 0 Å². The summed E-state index contributed by atoms with van der Waals surface area (Å²) in [5, 5.41) is 1.95. The summed E-state index contributed by atoms with van der Waals surface area (Å²) >= 11 is 1.55. The molecule has 2 aromatic rings. The largest absolute Gasteiger partial charge is 0.399 e. The number of hydrogen-bond acceptors (Lipinski definition) is 4. The molecule has 0 amide bonds. The van der Waals surface area contributed by atoms with E-state index in [1.54, 1.807) is 43.5 Å². The number of thiophene rings is 1. The van der Waals surface area contributed by atoms with Crippen LogP contribution in [0.2, 0.25) is 0 Å². The molecule has 1 atom stereocenters. The Morgan fingerprint density at radius 1 is 1.30 bits per heavy atom. The van der Waals surface area contributed by atoms with Gasteiger partial charge in [0.05, 0.1) is 10.9 Å². The smallest absolute Gasteiger partial charge is 0.243 e. The maximum absolute atomic E-state index is 12.7. The van der Waals surface area contributed by atoms with Gasteiger partial charge in [-0.25, -0.2) is 8.42 Å². The Balaban J connectivity index is 2.39. The van der Waals surface area contributed by atoms with Gasteiger partial charge in [0.15, 0.2) is 0 Å². The minimum atomic E-state index is -3.53. The average molecular weight is 310 g/mol. The van der Waals surface area contributed by atoms with Gasteiger partial charge in [-0.1, -0.05) is 6.07 Å². The van der Waals surface area contributed by atoms with Crippen molar-refractivity contribution in [2.45, 2.75) is 24.8 Å². The van der Waals surface area contributed by atoms with Crippen molar-refractivity contribution in [1.82, 2.24) is 4.31 Å². The molecule has 4 nitrogen and oxygen atoms in total. The van der Waals surface area contributed by atoms with Gasteiger partial charge in [-0.15, -0.1) is 11.3 Å². The lowest BCUT2D eigenvalue weighted by atomic mass is 10.2. The lowest BCUT2D eigenvalue weighted by Crippen LogP contribution is -2.29. The summed E-state index contributed by atoms with van der Waals surface area (Å²) in [6, 6.07) is 8.53. The second-order valence-corrected chi connectivity index (χ2v) is 7.68. The van der Waals surface area contributed by atoms with Crippen LogP contribution < -0.4 is 5.73 Å². The minimum Gasteiger partial charge on any atom is -0.399 e. The monoisotopic (exact) mass is 310 g/mol. The fraction of sp³-hybridized carbons (Fsp3) is 0.286. The lowest BCUT2D eigenvalue weighted by molar-refractivity contribution is 0.402. The molecule has 0 saturated heterocycles. The molecule has 2 rings (SSSR count). The van der Waals surface area contributed by atoms with E-state index in [0.717, 1.165) is 4.88 Å². The van der Waals surface area contributed by atoms with Crippen LogP contribution in [0, 0.1) is 6.92 Å². The number of nitrogens with two attached hydrogens (primary N) is 1. The molecule has 0 aliphatic heterocycles. The molecule has 1 unspecified atom stereocenters. The highest BCUT2D eigenvalue weighted by Crippen LogP contribution is 2.30. The van der Waals surface area contributed by atoms with Crippen molar-refractivity contribution < 1.29 is 8.42 Å². The van der Waals surface area contributed by atoms with Crippen LogP contribution in [0.3, 0.4) is 0 Å². The number of nitrogens with zero attached hydrogens (tertiary/aromatic N) is 1. The second kappa shape index (κ2) is 5.55. The highest BCUT2D eigenvalue weighted by Gasteiger charge is 2.28. The molecule has 2 N–H and O–H groups in total. The third-order valence-corrected chi connectivity index (χ3v) is 6.49. The molecule has 0 aliphatic carbocycles. The van der Waals surface area contributed by atoms with E-state index >= 15 is 0 Å². The molecular formula is C14H18N2O2S2. The second-order valence-electron chi connectivity index (χ2n) is 4.74. The number of aryl methyl sites for hydroxylation is 1. The van der Waals surface area contributed by atoms with Gasteiger partial charge in [-0.2, -0.15) is 4.31 Å². The number of sulfonamides is 1. The molecule has 108 valence electrons. The molecule has 1 heterocycles. The van der Waals surface area contributed by atoms with Crippen molar-refractivity contribution in [1.29, 1.82) is 0 Å². The summed E-state index contributed by atoms with van der Waals surface area (Å²) in [4.78, 5) is 1.32. The van der Waals surface area contributed by atoms with E-state index < -0.39 is 10.0 Å². The summed E-state index contributed by atoms with van der Waals surface area (Å²) in [5.74, 6) is 0. The summed E-state index contributed by atoms with van der Waals surface area (Å²) < 4.78 is 26.8. The third kappa shape index (κ3) is 2.72. The Morgan fingerprint density at radius 3 is 2.55 bits per heavy atom. The van der Waals surface area contributed by atoms with Crippen molar-refractivity contribution in [2.75, 3.05) is 12.8 Å². The quantitative estimate of drug-likeness (QED) is 0.883. The van der Waals surface area contributed by atoms with Gasteiger partial charge < -0.3 is 5.73 Å². The molecule has 0 radical (unpaired) electrons. The van der Waals surface area contributed by atoms with E-state index in [2.05, 4.69) is 0 Å². The third-order valence-electron chi connectivity index (χ3n) is 3.36. The van der Waals surface area contributed by atoms with Crippen LogP contribution in [-0.2, 0) is 10.0 Å². The fourth-order valence-electron chi connectivity index (χ4n) is 2.03. The molecule has 0 fully saturated rings. The van der Waals surface area contributed by atoms with Crippen molar-refractivity contribution in [2.24, 2.45) is 0 Å². The standard InChI is InChI=1S/C14H18N2O2S2/c1-10-9-12(15)6-7-14(10)20(17,18)16(3)11(2)13-5-4-8-19-13/h4-9,11H,15H2,1-3H3. The maximum atomic E-state index is 12.7. The Labute approximate surface area is 123 Å².